The van der Waals surface area contributed by atoms with Crippen molar-refractivity contribution < 1.29 is 9.59 Å². The summed E-state index contributed by atoms with van der Waals surface area (Å²) in [5.74, 6) is 0.0991. The number of benzene rings is 4. The Morgan fingerprint density at radius 2 is 1.15 bits per heavy atom. The van der Waals surface area contributed by atoms with Gasteiger partial charge in [-0.3, -0.25) is 9.59 Å². The lowest BCUT2D eigenvalue weighted by Crippen LogP contribution is -2.36. The van der Waals surface area contributed by atoms with Crippen molar-refractivity contribution in [2.45, 2.75) is 12.8 Å². The van der Waals surface area contributed by atoms with Gasteiger partial charge in [-0.2, -0.15) is 0 Å². The number of para-hydroxylation sites is 2. The Morgan fingerprint density at radius 1 is 0.618 bits per heavy atom. The molecule has 170 valence electrons. The zero-order valence-corrected chi connectivity index (χ0v) is 19.1. The van der Waals surface area contributed by atoms with Crippen molar-refractivity contribution in [2.24, 2.45) is 0 Å². The van der Waals surface area contributed by atoms with Gasteiger partial charge in [-0.1, -0.05) is 91.0 Å². The number of nitrogens with one attached hydrogen (secondary N) is 1. The average Bonchev–Trinajstić information content (AvgIpc) is 2.88. The maximum absolute atomic E-state index is 13.2. The second-order valence-corrected chi connectivity index (χ2v) is 8.10. The number of hydrogen-bond acceptors (Lipinski definition) is 3. The highest BCUT2D eigenvalue weighted by molar-refractivity contribution is 6.02. The van der Waals surface area contributed by atoms with Crippen LogP contribution in [0.15, 0.2) is 115 Å². The lowest BCUT2D eigenvalue weighted by molar-refractivity contribution is -0.117. The zero-order chi connectivity index (χ0) is 23.6. The normalized spacial score (nSPS) is 10.5. The zero-order valence-electron chi connectivity index (χ0n) is 19.1. The number of ketones is 1. The van der Waals surface area contributed by atoms with Gasteiger partial charge in [0.15, 0.2) is 5.78 Å². The maximum Gasteiger partial charge on any atom is 0.231 e. The quantitative estimate of drug-likeness (QED) is 0.312. The molecule has 0 aliphatic heterocycles. The molecule has 1 N–H and O–H groups in total. The summed E-state index contributed by atoms with van der Waals surface area (Å²) in [5, 5.41) is 3.38. The van der Waals surface area contributed by atoms with Crippen LogP contribution >= 0.6 is 0 Å². The minimum absolute atomic E-state index is 0.0349. The van der Waals surface area contributed by atoms with Crippen molar-refractivity contribution in [1.82, 2.24) is 0 Å². The van der Waals surface area contributed by atoms with E-state index in [0.29, 0.717) is 31.5 Å². The third-order valence-corrected chi connectivity index (χ3v) is 5.65. The molecule has 1 amide bonds. The highest BCUT2D eigenvalue weighted by Crippen LogP contribution is 2.19. The van der Waals surface area contributed by atoms with Gasteiger partial charge in [-0.25, -0.2) is 0 Å². The van der Waals surface area contributed by atoms with Crippen LogP contribution < -0.4 is 10.2 Å². The van der Waals surface area contributed by atoms with Crippen molar-refractivity contribution in [1.29, 1.82) is 0 Å². The van der Waals surface area contributed by atoms with Crippen LogP contribution in [0.3, 0.4) is 0 Å². The van der Waals surface area contributed by atoms with E-state index in [1.807, 2.05) is 115 Å². The van der Waals surface area contributed by atoms with Gasteiger partial charge in [-0.15, -0.1) is 0 Å². The molecule has 0 aromatic heterocycles. The smallest absolute Gasteiger partial charge is 0.231 e. The van der Waals surface area contributed by atoms with Crippen molar-refractivity contribution >= 4 is 23.1 Å². The summed E-state index contributed by atoms with van der Waals surface area (Å²) in [6, 6.07) is 36.8. The summed E-state index contributed by atoms with van der Waals surface area (Å²) in [5.41, 5.74) is 4.28. The van der Waals surface area contributed by atoms with E-state index < -0.39 is 0 Å². The van der Waals surface area contributed by atoms with Crippen LogP contribution in [-0.2, 0) is 17.6 Å². The molecule has 0 saturated heterocycles. The van der Waals surface area contributed by atoms with Gasteiger partial charge in [0.2, 0.25) is 5.91 Å². The molecular formula is C30H28N2O2. The van der Waals surface area contributed by atoms with Crippen molar-refractivity contribution in [3.8, 4) is 0 Å². The Morgan fingerprint density at radius 3 is 1.79 bits per heavy atom. The van der Waals surface area contributed by atoms with Gasteiger partial charge >= 0.3 is 0 Å². The monoisotopic (exact) mass is 448 g/mol. The lowest BCUT2D eigenvalue weighted by atomic mass is 10.0. The van der Waals surface area contributed by atoms with Crippen LogP contribution in [0, 0.1) is 0 Å². The Bertz CT molecular complexity index is 1210. The molecule has 0 saturated carbocycles. The highest BCUT2D eigenvalue weighted by atomic mass is 16.2. The molecule has 4 nitrogen and oxygen atoms in total. The van der Waals surface area contributed by atoms with Crippen LogP contribution in [0.25, 0.3) is 0 Å². The second-order valence-electron chi connectivity index (χ2n) is 8.10. The molecule has 4 rings (SSSR count). The van der Waals surface area contributed by atoms with Crippen LogP contribution in [0.1, 0.15) is 21.5 Å². The largest absolute Gasteiger partial charge is 0.383 e. The number of nitrogens with zero attached hydrogens (tertiary/aromatic N) is 1. The van der Waals surface area contributed by atoms with E-state index in [4.69, 9.17) is 0 Å². The predicted octanol–water partition coefficient (Wildman–Crippen LogP) is 5.80. The van der Waals surface area contributed by atoms with E-state index in [1.165, 1.54) is 0 Å². The third kappa shape index (κ3) is 6.20. The third-order valence-electron chi connectivity index (χ3n) is 5.65. The van der Waals surface area contributed by atoms with E-state index >= 15 is 0 Å². The van der Waals surface area contributed by atoms with Crippen LogP contribution in [0.2, 0.25) is 0 Å². The molecule has 34 heavy (non-hydrogen) atoms. The molecule has 0 unspecified atom stereocenters. The SMILES string of the molecule is O=C(Cc1ccccc1)c1ccccc1NCCN(C(=O)Cc1ccccc1)c1ccccc1. The maximum atomic E-state index is 13.2. The first-order valence-corrected chi connectivity index (χ1v) is 11.5. The Hall–Kier alpha value is -4.18. The summed E-state index contributed by atoms with van der Waals surface area (Å²) >= 11 is 0. The van der Waals surface area contributed by atoms with Crippen LogP contribution in [0.4, 0.5) is 11.4 Å². The first-order chi connectivity index (χ1) is 16.7. The first-order valence-electron chi connectivity index (χ1n) is 11.5. The number of carbonyl (C=O) groups is 2. The predicted molar refractivity (Wildman–Crippen MR) is 138 cm³/mol. The van der Waals surface area contributed by atoms with Gasteiger partial charge in [0.05, 0.1) is 6.42 Å². The van der Waals surface area contributed by atoms with E-state index in [-0.39, 0.29) is 11.7 Å². The standard InChI is InChI=1S/C30H28N2O2/c33-29(22-24-12-4-1-5-13-24)27-18-10-11-19-28(27)31-20-21-32(26-16-8-3-9-17-26)30(34)23-25-14-6-2-7-15-25/h1-19,31H,20-23H2. The fraction of sp³-hybridized carbons (Fsp3) is 0.133. The Kier molecular flexibility index (Phi) is 7.86. The molecule has 0 atom stereocenters. The molecule has 4 heteroatoms. The number of rotatable bonds is 10. The molecule has 0 aliphatic carbocycles. The minimum atomic E-state index is 0.0349. The first kappa shape index (κ1) is 23.0. The van der Waals surface area contributed by atoms with Crippen LogP contribution in [0.5, 0.6) is 0 Å². The Balaban J connectivity index is 1.44. The highest BCUT2D eigenvalue weighted by Gasteiger charge is 2.17. The molecule has 0 spiro atoms. The van der Waals surface area contributed by atoms with Crippen molar-refractivity contribution in [3.05, 3.63) is 132 Å². The van der Waals surface area contributed by atoms with Gasteiger partial charge in [-0.05, 0) is 35.4 Å². The van der Waals surface area contributed by atoms with Gasteiger partial charge in [0, 0.05) is 36.4 Å². The Labute approximate surface area is 200 Å². The number of anilines is 2. The van der Waals surface area contributed by atoms with Crippen molar-refractivity contribution in [2.75, 3.05) is 23.3 Å². The summed E-state index contributed by atoms with van der Waals surface area (Å²) < 4.78 is 0. The number of hydrogen-bond donors (Lipinski definition) is 1. The van der Waals surface area contributed by atoms with Crippen molar-refractivity contribution in [3.63, 3.8) is 0 Å². The summed E-state index contributed by atoms with van der Waals surface area (Å²) in [6.07, 6.45) is 0.688. The molecular weight excluding hydrogens is 420 g/mol. The van der Waals surface area contributed by atoms with Gasteiger partial charge in [0.1, 0.15) is 0 Å². The number of Topliss-reactive ketones (excluding diaryl/α,β-unsaturated/α-hetero) is 1. The van der Waals surface area contributed by atoms with Gasteiger partial charge in [0.25, 0.3) is 0 Å². The molecule has 4 aromatic rings. The number of amides is 1. The fourth-order valence-corrected chi connectivity index (χ4v) is 3.93. The number of carbonyl (C=O) groups excluding carboxylic acids is 2. The topological polar surface area (TPSA) is 49.4 Å². The van der Waals surface area contributed by atoms with E-state index in [9.17, 15) is 9.59 Å². The summed E-state index contributed by atoms with van der Waals surface area (Å²) in [4.78, 5) is 27.9. The molecule has 0 fully saturated rings. The summed E-state index contributed by atoms with van der Waals surface area (Å²) in [6.45, 7) is 1.00. The van der Waals surface area contributed by atoms with Crippen LogP contribution in [-0.4, -0.2) is 24.8 Å². The molecule has 0 aliphatic rings. The van der Waals surface area contributed by atoms with Gasteiger partial charge < -0.3 is 10.2 Å². The van der Waals surface area contributed by atoms with E-state index in [1.54, 1.807) is 4.90 Å². The minimum Gasteiger partial charge on any atom is -0.383 e. The van der Waals surface area contributed by atoms with E-state index in [0.717, 1.165) is 22.5 Å². The van der Waals surface area contributed by atoms with E-state index in [2.05, 4.69) is 5.32 Å². The molecule has 0 heterocycles. The molecule has 4 aromatic carbocycles. The fourth-order valence-electron chi connectivity index (χ4n) is 3.93. The second kappa shape index (κ2) is 11.6. The lowest BCUT2D eigenvalue weighted by Gasteiger charge is -2.24. The summed E-state index contributed by atoms with van der Waals surface area (Å²) in [7, 11) is 0. The average molecular weight is 449 g/mol. The molecule has 0 bridgehead atoms. The molecule has 0 radical (unpaired) electrons.